The third kappa shape index (κ3) is 1.39. The zero-order valence-electron chi connectivity index (χ0n) is 8.48. The molecule has 0 atom stereocenters. The van der Waals surface area contributed by atoms with Gasteiger partial charge in [-0.05, 0) is 27.3 Å². The number of fused-ring (bicyclic) bond motifs is 2. The molecule has 3 rings (SSSR count). The first-order valence-electron chi connectivity index (χ1n) is 5.30. The molecule has 0 unspecified atom stereocenters. The van der Waals surface area contributed by atoms with Crippen LogP contribution in [0, 0.1) is 10.4 Å². The van der Waals surface area contributed by atoms with Crippen molar-refractivity contribution in [2.75, 3.05) is 0 Å². The lowest BCUT2D eigenvalue weighted by Gasteiger charge is -1.90. The zero-order valence-corrected chi connectivity index (χ0v) is 8.48. The average Bonchev–Trinajstić information content (AvgIpc) is 2.48. The number of benzene rings is 2. The van der Waals surface area contributed by atoms with Crippen LogP contribution in [-0.2, 0) is 0 Å². The highest BCUT2D eigenvalue weighted by atomic mass is 14.0. The second-order valence-electron chi connectivity index (χ2n) is 3.82. The van der Waals surface area contributed by atoms with Gasteiger partial charge in [0.05, 0.1) is 0 Å². The van der Waals surface area contributed by atoms with Gasteiger partial charge in [-0.15, -0.1) is 0 Å². The van der Waals surface area contributed by atoms with E-state index in [1.165, 1.54) is 20.9 Å². The third-order valence-corrected chi connectivity index (χ3v) is 2.89. The lowest BCUT2D eigenvalue weighted by molar-refractivity contribution is 1.41. The van der Waals surface area contributed by atoms with Crippen molar-refractivity contribution in [3.8, 4) is 0 Å². The lowest BCUT2D eigenvalue weighted by Crippen LogP contribution is -2.05. The molecular formula is C15H12. The fourth-order valence-corrected chi connectivity index (χ4v) is 2.15. The summed E-state index contributed by atoms with van der Waals surface area (Å²) in [7, 11) is 0. The Hall–Kier alpha value is -1.82. The summed E-state index contributed by atoms with van der Waals surface area (Å²) < 4.78 is 0. The minimum atomic E-state index is 1.02. The Morgan fingerprint density at radius 2 is 1.07 bits per heavy atom. The second-order valence-corrected chi connectivity index (χ2v) is 3.82. The smallest absolute Gasteiger partial charge is 0.0109 e. The molecule has 72 valence electrons. The van der Waals surface area contributed by atoms with Crippen molar-refractivity contribution in [1.82, 2.24) is 0 Å². The molecule has 0 saturated heterocycles. The van der Waals surface area contributed by atoms with Crippen LogP contribution in [-0.4, -0.2) is 0 Å². The van der Waals surface area contributed by atoms with Gasteiger partial charge in [0, 0.05) is 0 Å². The Labute approximate surface area is 88.5 Å². The third-order valence-electron chi connectivity index (χ3n) is 2.89. The van der Waals surface area contributed by atoms with Crippen LogP contribution in [0.5, 0.6) is 0 Å². The molecule has 2 aromatic carbocycles. The summed E-state index contributed by atoms with van der Waals surface area (Å²) in [5, 5.41) is 5.39. The molecule has 2 aromatic rings. The molecule has 0 radical (unpaired) electrons. The van der Waals surface area contributed by atoms with E-state index in [4.69, 9.17) is 0 Å². The molecule has 0 spiro atoms. The van der Waals surface area contributed by atoms with Crippen LogP contribution in [0.1, 0.15) is 6.42 Å². The first-order chi connectivity index (χ1) is 7.45. The van der Waals surface area contributed by atoms with Crippen molar-refractivity contribution in [3.63, 3.8) is 0 Å². The molecule has 0 aromatic heterocycles. The van der Waals surface area contributed by atoms with E-state index in [-0.39, 0.29) is 0 Å². The SMILES string of the molecule is C1=c2ccccc2=c2ccccc2=CC1. The van der Waals surface area contributed by atoms with Gasteiger partial charge in [-0.2, -0.15) is 0 Å². The standard InChI is InChI=1S/C15H12/c1-3-10-14-12(6-1)8-5-9-13-7-2-4-11-15(13)14/h1-4,6-11H,5H2. The Bertz CT molecular complexity index is 632. The second kappa shape index (κ2) is 3.39. The van der Waals surface area contributed by atoms with Crippen LogP contribution >= 0.6 is 0 Å². The molecule has 0 nitrogen and oxygen atoms in total. The summed E-state index contributed by atoms with van der Waals surface area (Å²) >= 11 is 0. The predicted molar refractivity (Wildman–Crippen MR) is 63.4 cm³/mol. The van der Waals surface area contributed by atoms with Crippen molar-refractivity contribution in [1.29, 1.82) is 0 Å². The Morgan fingerprint density at radius 1 is 0.600 bits per heavy atom. The van der Waals surface area contributed by atoms with Gasteiger partial charge in [0.2, 0.25) is 0 Å². The van der Waals surface area contributed by atoms with Crippen LogP contribution in [0.3, 0.4) is 0 Å². The highest BCUT2D eigenvalue weighted by Gasteiger charge is 1.92. The molecule has 0 amide bonds. The fourth-order valence-electron chi connectivity index (χ4n) is 2.15. The molecule has 0 bridgehead atoms. The first-order valence-corrected chi connectivity index (χ1v) is 5.30. The summed E-state index contributed by atoms with van der Waals surface area (Å²) in [4.78, 5) is 0. The van der Waals surface area contributed by atoms with Gasteiger partial charge in [-0.3, -0.25) is 0 Å². The fraction of sp³-hybridized carbons (Fsp3) is 0.0667. The van der Waals surface area contributed by atoms with Gasteiger partial charge in [0.25, 0.3) is 0 Å². The maximum atomic E-state index is 2.29. The molecular weight excluding hydrogens is 180 g/mol. The van der Waals surface area contributed by atoms with Crippen LogP contribution in [0.15, 0.2) is 48.5 Å². The van der Waals surface area contributed by atoms with E-state index in [9.17, 15) is 0 Å². The summed E-state index contributed by atoms with van der Waals surface area (Å²) in [6.45, 7) is 0. The lowest BCUT2D eigenvalue weighted by atomic mass is 10.1. The van der Waals surface area contributed by atoms with Gasteiger partial charge in [-0.1, -0.05) is 60.7 Å². The average molecular weight is 192 g/mol. The summed E-state index contributed by atoms with van der Waals surface area (Å²) in [6.07, 6.45) is 5.60. The Kier molecular flexibility index (Phi) is 1.92. The minimum absolute atomic E-state index is 1.02. The predicted octanol–water partition coefficient (Wildman–Crippen LogP) is 1.94. The molecule has 0 heteroatoms. The Morgan fingerprint density at radius 3 is 1.60 bits per heavy atom. The monoisotopic (exact) mass is 192 g/mol. The van der Waals surface area contributed by atoms with Crippen molar-refractivity contribution in [2.24, 2.45) is 0 Å². The molecule has 0 aliphatic heterocycles. The quantitative estimate of drug-likeness (QED) is 0.598. The molecule has 0 heterocycles. The number of hydrogen-bond acceptors (Lipinski definition) is 0. The van der Waals surface area contributed by atoms with Gasteiger partial charge < -0.3 is 0 Å². The van der Waals surface area contributed by atoms with Gasteiger partial charge in [0.1, 0.15) is 0 Å². The molecule has 1 aliphatic rings. The largest absolute Gasteiger partial charge is 0.0728 e. The maximum Gasteiger partial charge on any atom is -0.0109 e. The summed E-state index contributed by atoms with van der Waals surface area (Å²) in [6, 6.07) is 17.2. The number of rotatable bonds is 0. The van der Waals surface area contributed by atoms with Crippen LogP contribution in [0.4, 0.5) is 0 Å². The van der Waals surface area contributed by atoms with E-state index in [0.29, 0.717) is 0 Å². The first kappa shape index (κ1) is 8.49. The molecule has 15 heavy (non-hydrogen) atoms. The maximum absolute atomic E-state index is 2.29. The Balaban J connectivity index is 2.73. The molecule has 0 fully saturated rings. The highest BCUT2D eigenvalue weighted by molar-refractivity contribution is 5.42. The summed E-state index contributed by atoms with van der Waals surface area (Å²) in [5.74, 6) is 0. The number of hydrogen-bond donors (Lipinski definition) is 0. The van der Waals surface area contributed by atoms with Crippen molar-refractivity contribution in [3.05, 3.63) is 69.4 Å². The van der Waals surface area contributed by atoms with E-state index in [0.717, 1.165) is 6.42 Å². The highest BCUT2D eigenvalue weighted by Crippen LogP contribution is 1.95. The van der Waals surface area contributed by atoms with Crippen molar-refractivity contribution >= 4 is 12.2 Å². The molecule has 0 saturated carbocycles. The minimum Gasteiger partial charge on any atom is -0.0728 e. The van der Waals surface area contributed by atoms with Crippen LogP contribution in [0.25, 0.3) is 12.2 Å². The zero-order chi connectivity index (χ0) is 10.1. The van der Waals surface area contributed by atoms with Crippen LogP contribution in [0.2, 0.25) is 0 Å². The normalized spacial score (nSPS) is 12.8. The van der Waals surface area contributed by atoms with Crippen molar-refractivity contribution < 1.29 is 0 Å². The summed E-state index contributed by atoms with van der Waals surface area (Å²) in [5.41, 5.74) is 0. The van der Waals surface area contributed by atoms with Crippen LogP contribution < -0.4 is 10.4 Å². The van der Waals surface area contributed by atoms with E-state index in [1.54, 1.807) is 0 Å². The van der Waals surface area contributed by atoms with Gasteiger partial charge >= 0.3 is 0 Å². The van der Waals surface area contributed by atoms with E-state index >= 15 is 0 Å². The van der Waals surface area contributed by atoms with Gasteiger partial charge in [0.15, 0.2) is 0 Å². The van der Waals surface area contributed by atoms with Gasteiger partial charge in [-0.25, -0.2) is 0 Å². The van der Waals surface area contributed by atoms with Crippen molar-refractivity contribution in [2.45, 2.75) is 6.42 Å². The van der Waals surface area contributed by atoms with E-state index in [2.05, 4.69) is 60.7 Å². The topological polar surface area (TPSA) is 0 Å². The molecule has 1 aliphatic carbocycles. The molecule has 0 N–H and O–H groups in total. The van der Waals surface area contributed by atoms with E-state index < -0.39 is 0 Å². The van der Waals surface area contributed by atoms with E-state index in [1.807, 2.05) is 0 Å².